The molecular formula is C16H26IN3O. The van der Waals surface area contributed by atoms with Crippen LogP contribution in [0.5, 0.6) is 5.75 Å². The number of halogens is 1. The van der Waals surface area contributed by atoms with Crippen LogP contribution in [0.2, 0.25) is 0 Å². The fourth-order valence-corrected chi connectivity index (χ4v) is 2.52. The number of benzene rings is 1. The van der Waals surface area contributed by atoms with E-state index >= 15 is 0 Å². The standard InChI is InChI=1S/C16H25N3O.HI/c1-15(2,3)19-14(17)18-13-10-16(13,4)11-8-6-7-9-12(11)20-5;/h6-9,13H,10H2,1-5H3,(H3,17,18,19);1H. The SMILES string of the molecule is COc1ccccc1C1(C)CC1N=C(N)NC(C)(C)C.I. The Balaban J connectivity index is 0.00000220. The Morgan fingerprint density at radius 1 is 1.38 bits per heavy atom. The van der Waals surface area contributed by atoms with Crippen molar-refractivity contribution in [1.82, 2.24) is 5.32 Å². The topological polar surface area (TPSA) is 59.6 Å². The highest BCUT2D eigenvalue weighted by Gasteiger charge is 2.53. The summed E-state index contributed by atoms with van der Waals surface area (Å²) in [5.74, 6) is 1.44. The number of aliphatic imine (C=N–C) groups is 1. The summed E-state index contributed by atoms with van der Waals surface area (Å²) in [6.07, 6.45) is 1.000. The molecule has 0 spiro atoms. The van der Waals surface area contributed by atoms with Crippen molar-refractivity contribution in [1.29, 1.82) is 0 Å². The van der Waals surface area contributed by atoms with E-state index in [4.69, 9.17) is 10.5 Å². The predicted octanol–water partition coefficient (Wildman–Crippen LogP) is 3.05. The van der Waals surface area contributed by atoms with Crippen LogP contribution < -0.4 is 15.8 Å². The molecule has 2 unspecified atom stereocenters. The molecule has 2 rings (SSSR count). The number of hydrogen-bond donors (Lipinski definition) is 2. The quantitative estimate of drug-likeness (QED) is 0.464. The number of hydrogen-bond acceptors (Lipinski definition) is 2. The molecule has 1 aromatic rings. The van der Waals surface area contributed by atoms with Gasteiger partial charge >= 0.3 is 0 Å². The molecule has 5 heteroatoms. The van der Waals surface area contributed by atoms with Gasteiger partial charge in [-0.1, -0.05) is 25.1 Å². The van der Waals surface area contributed by atoms with E-state index in [-0.39, 0.29) is 41.0 Å². The van der Waals surface area contributed by atoms with Gasteiger partial charge in [0.2, 0.25) is 0 Å². The molecular weight excluding hydrogens is 377 g/mol. The van der Waals surface area contributed by atoms with Gasteiger partial charge in [-0.2, -0.15) is 0 Å². The largest absolute Gasteiger partial charge is 0.496 e. The number of para-hydroxylation sites is 1. The monoisotopic (exact) mass is 403 g/mol. The summed E-state index contributed by atoms with van der Waals surface area (Å²) in [5.41, 5.74) is 7.14. The smallest absolute Gasteiger partial charge is 0.189 e. The third-order valence-electron chi connectivity index (χ3n) is 3.71. The molecule has 1 aromatic carbocycles. The van der Waals surface area contributed by atoms with Crippen LogP contribution in [0.25, 0.3) is 0 Å². The highest BCUT2D eigenvalue weighted by atomic mass is 127. The van der Waals surface area contributed by atoms with Crippen LogP contribution in [0.4, 0.5) is 0 Å². The minimum Gasteiger partial charge on any atom is -0.496 e. The number of nitrogens with zero attached hydrogens (tertiary/aromatic N) is 1. The Kier molecular flexibility index (Phi) is 5.52. The average Bonchev–Trinajstić information content (AvgIpc) is 2.98. The number of rotatable bonds is 3. The van der Waals surface area contributed by atoms with Crippen LogP contribution in [0.3, 0.4) is 0 Å². The Hall–Kier alpha value is -0.980. The minimum absolute atomic E-state index is 0. The summed E-state index contributed by atoms with van der Waals surface area (Å²) in [7, 11) is 1.71. The third-order valence-corrected chi connectivity index (χ3v) is 3.71. The molecule has 0 radical (unpaired) electrons. The number of methoxy groups -OCH3 is 1. The van der Waals surface area contributed by atoms with Crippen molar-refractivity contribution in [2.75, 3.05) is 7.11 Å². The zero-order chi connectivity index (χ0) is 15.0. The van der Waals surface area contributed by atoms with E-state index in [1.54, 1.807) is 7.11 Å². The molecule has 0 heterocycles. The van der Waals surface area contributed by atoms with Gasteiger partial charge in [-0.3, -0.25) is 0 Å². The van der Waals surface area contributed by atoms with Crippen LogP contribution >= 0.6 is 24.0 Å². The number of guanidine groups is 1. The molecule has 0 amide bonds. The van der Waals surface area contributed by atoms with Crippen LogP contribution in [0.15, 0.2) is 29.3 Å². The van der Waals surface area contributed by atoms with Gasteiger partial charge in [-0.25, -0.2) is 4.99 Å². The molecule has 1 aliphatic carbocycles. The first-order valence-corrected chi connectivity index (χ1v) is 7.01. The van der Waals surface area contributed by atoms with Gasteiger partial charge in [0, 0.05) is 16.5 Å². The van der Waals surface area contributed by atoms with Gasteiger partial charge in [-0.05, 0) is 33.3 Å². The van der Waals surface area contributed by atoms with Crippen molar-refractivity contribution < 1.29 is 4.74 Å². The van der Waals surface area contributed by atoms with E-state index < -0.39 is 0 Å². The van der Waals surface area contributed by atoms with E-state index in [1.807, 2.05) is 18.2 Å². The van der Waals surface area contributed by atoms with Gasteiger partial charge in [0.15, 0.2) is 5.96 Å². The first kappa shape index (κ1) is 18.1. The molecule has 118 valence electrons. The molecule has 2 atom stereocenters. The summed E-state index contributed by atoms with van der Waals surface area (Å²) in [6, 6.07) is 8.35. The predicted molar refractivity (Wildman–Crippen MR) is 98.7 cm³/mol. The molecule has 21 heavy (non-hydrogen) atoms. The van der Waals surface area contributed by atoms with E-state index in [0.717, 1.165) is 12.2 Å². The zero-order valence-electron chi connectivity index (χ0n) is 13.4. The van der Waals surface area contributed by atoms with E-state index in [1.165, 1.54) is 5.56 Å². The Morgan fingerprint density at radius 3 is 2.57 bits per heavy atom. The van der Waals surface area contributed by atoms with E-state index in [2.05, 4.69) is 44.1 Å². The van der Waals surface area contributed by atoms with E-state index in [0.29, 0.717) is 5.96 Å². The molecule has 1 aliphatic rings. The average molecular weight is 403 g/mol. The first-order chi connectivity index (χ1) is 9.26. The fraction of sp³-hybridized carbons (Fsp3) is 0.562. The van der Waals surface area contributed by atoms with Crippen LogP contribution in [-0.2, 0) is 5.41 Å². The van der Waals surface area contributed by atoms with Gasteiger partial charge in [0.1, 0.15) is 5.75 Å². The van der Waals surface area contributed by atoms with Crippen molar-refractivity contribution in [2.24, 2.45) is 10.7 Å². The Labute approximate surface area is 144 Å². The van der Waals surface area contributed by atoms with Gasteiger partial charge in [0.25, 0.3) is 0 Å². The van der Waals surface area contributed by atoms with Crippen LogP contribution in [0, 0.1) is 0 Å². The van der Waals surface area contributed by atoms with Crippen LogP contribution in [-0.4, -0.2) is 24.7 Å². The van der Waals surface area contributed by atoms with Crippen molar-refractivity contribution in [3.63, 3.8) is 0 Å². The summed E-state index contributed by atoms with van der Waals surface area (Å²) in [4.78, 5) is 4.61. The van der Waals surface area contributed by atoms with Crippen molar-refractivity contribution in [3.8, 4) is 5.75 Å². The second kappa shape index (κ2) is 6.42. The molecule has 4 nitrogen and oxygen atoms in total. The summed E-state index contributed by atoms with van der Waals surface area (Å²) < 4.78 is 5.45. The fourth-order valence-electron chi connectivity index (χ4n) is 2.52. The number of nitrogens with two attached hydrogens (primary N) is 1. The zero-order valence-corrected chi connectivity index (χ0v) is 15.8. The van der Waals surface area contributed by atoms with Gasteiger partial charge in [0.05, 0.1) is 13.2 Å². The van der Waals surface area contributed by atoms with Gasteiger partial charge < -0.3 is 15.8 Å². The Bertz CT molecular complexity index is 524. The lowest BCUT2D eigenvalue weighted by Gasteiger charge is -2.21. The second-order valence-electron chi connectivity index (χ2n) is 6.73. The maximum Gasteiger partial charge on any atom is 0.189 e. The normalized spacial score (nSPS) is 25.0. The summed E-state index contributed by atoms with van der Waals surface area (Å²) >= 11 is 0. The highest BCUT2D eigenvalue weighted by Crippen LogP contribution is 2.52. The lowest BCUT2D eigenvalue weighted by molar-refractivity contribution is 0.405. The molecule has 1 fully saturated rings. The van der Waals surface area contributed by atoms with Gasteiger partial charge in [-0.15, -0.1) is 24.0 Å². The molecule has 3 N–H and O–H groups in total. The molecule has 0 aromatic heterocycles. The Morgan fingerprint density at radius 2 is 2.00 bits per heavy atom. The van der Waals surface area contributed by atoms with Crippen molar-refractivity contribution >= 4 is 29.9 Å². The maximum atomic E-state index is 5.98. The van der Waals surface area contributed by atoms with E-state index in [9.17, 15) is 0 Å². The maximum absolute atomic E-state index is 5.98. The summed E-state index contributed by atoms with van der Waals surface area (Å²) in [5, 5.41) is 3.20. The van der Waals surface area contributed by atoms with Crippen LogP contribution in [0.1, 0.15) is 39.7 Å². The third kappa shape index (κ3) is 4.25. The molecule has 0 bridgehead atoms. The molecule has 0 aliphatic heterocycles. The van der Waals surface area contributed by atoms with Crippen molar-refractivity contribution in [3.05, 3.63) is 29.8 Å². The summed E-state index contributed by atoms with van der Waals surface area (Å²) in [6.45, 7) is 8.43. The lowest BCUT2D eigenvalue weighted by Crippen LogP contribution is -2.45. The molecule has 0 saturated heterocycles. The number of ether oxygens (including phenoxy) is 1. The molecule has 1 saturated carbocycles. The highest BCUT2D eigenvalue weighted by molar-refractivity contribution is 14.0. The first-order valence-electron chi connectivity index (χ1n) is 7.01. The second-order valence-corrected chi connectivity index (χ2v) is 6.73. The van der Waals surface area contributed by atoms with Crippen molar-refractivity contribution in [2.45, 2.75) is 51.1 Å². The minimum atomic E-state index is -0.0662. The lowest BCUT2D eigenvalue weighted by atomic mass is 9.96. The number of nitrogens with one attached hydrogen (secondary N) is 1.